The minimum absolute atomic E-state index is 0.864. The molecule has 0 aromatic heterocycles. The van der Waals surface area contributed by atoms with Crippen LogP contribution in [-0.4, -0.2) is 31.6 Å². The number of nitrogens with zero attached hydrogens (tertiary/aromatic N) is 1. The Morgan fingerprint density at radius 3 is 2.92 bits per heavy atom. The van der Waals surface area contributed by atoms with E-state index in [2.05, 4.69) is 11.9 Å². The monoisotopic (exact) mass is 170 g/mol. The lowest BCUT2D eigenvalue weighted by atomic mass is 9.93. The van der Waals surface area contributed by atoms with E-state index in [-0.39, 0.29) is 0 Å². The third kappa shape index (κ3) is 3.55. The maximum absolute atomic E-state index is 5.46. The van der Waals surface area contributed by atoms with Gasteiger partial charge in [-0.3, -0.25) is 0 Å². The molecule has 1 aliphatic rings. The van der Waals surface area contributed by atoms with Crippen molar-refractivity contribution in [3.05, 3.63) is 0 Å². The fraction of sp³-hybridized carbons (Fsp3) is 1.00. The van der Waals surface area contributed by atoms with Gasteiger partial charge in [0.15, 0.2) is 0 Å². The highest BCUT2D eigenvalue weighted by atomic mass is 15.1. The van der Waals surface area contributed by atoms with Gasteiger partial charge in [-0.25, -0.2) is 0 Å². The molecule has 1 atom stereocenters. The molecule has 1 rings (SSSR count). The lowest BCUT2D eigenvalue weighted by molar-refractivity contribution is 0.199. The van der Waals surface area contributed by atoms with E-state index in [4.69, 9.17) is 5.73 Å². The lowest BCUT2D eigenvalue weighted by Gasteiger charge is -2.29. The van der Waals surface area contributed by atoms with Crippen LogP contribution >= 0.6 is 0 Å². The summed E-state index contributed by atoms with van der Waals surface area (Å²) in [6, 6.07) is 0. The van der Waals surface area contributed by atoms with Crippen LogP contribution in [0.5, 0.6) is 0 Å². The summed E-state index contributed by atoms with van der Waals surface area (Å²) in [6.45, 7) is 3.47. The molecule has 1 aliphatic heterocycles. The maximum atomic E-state index is 5.46. The topological polar surface area (TPSA) is 29.3 Å². The Kier molecular flexibility index (Phi) is 4.62. The van der Waals surface area contributed by atoms with Crippen molar-refractivity contribution >= 4 is 0 Å². The van der Waals surface area contributed by atoms with Crippen LogP contribution in [0.25, 0.3) is 0 Å². The van der Waals surface area contributed by atoms with Gasteiger partial charge in [0.2, 0.25) is 0 Å². The fourth-order valence-corrected chi connectivity index (χ4v) is 2.09. The van der Waals surface area contributed by atoms with Crippen LogP contribution in [-0.2, 0) is 0 Å². The fourth-order valence-electron chi connectivity index (χ4n) is 2.09. The van der Waals surface area contributed by atoms with Crippen LogP contribution < -0.4 is 5.73 Å². The number of piperidine rings is 1. The van der Waals surface area contributed by atoms with Crippen LogP contribution in [0.4, 0.5) is 0 Å². The third-order valence-electron chi connectivity index (χ3n) is 2.79. The first-order valence-corrected chi connectivity index (χ1v) is 5.21. The quantitative estimate of drug-likeness (QED) is 0.647. The number of rotatable bonds is 4. The summed E-state index contributed by atoms with van der Waals surface area (Å²) in [6.07, 6.45) is 6.76. The third-order valence-corrected chi connectivity index (χ3v) is 2.79. The van der Waals surface area contributed by atoms with E-state index in [9.17, 15) is 0 Å². The lowest BCUT2D eigenvalue weighted by Crippen LogP contribution is -2.31. The van der Waals surface area contributed by atoms with E-state index in [0.29, 0.717) is 0 Å². The summed E-state index contributed by atoms with van der Waals surface area (Å²) in [5.41, 5.74) is 5.46. The number of nitrogens with two attached hydrogens (primary N) is 1. The zero-order chi connectivity index (χ0) is 8.81. The smallest absolute Gasteiger partial charge is 0.000661 e. The Bertz CT molecular complexity index is 114. The Hall–Kier alpha value is -0.0800. The SMILES string of the molecule is CN1CCCC(CCCCN)C1. The number of hydrogen-bond donors (Lipinski definition) is 1. The van der Waals surface area contributed by atoms with Crippen molar-refractivity contribution < 1.29 is 0 Å². The Balaban J connectivity index is 2.06. The van der Waals surface area contributed by atoms with Gasteiger partial charge in [0.25, 0.3) is 0 Å². The molecule has 2 nitrogen and oxygen atoms in total. The molecule has 2 heteroatoms. The average molecular weight is 170 g/mol. The molecule has 1 saturated heterocycles. The van der Waals surface area contributed by atoms with E-state index in [1.54, 1.807) is 0 Å². The predicted molar refractivity (Wildman–Crippen MR) is 53.1 cm³/mol. The van der Waals surface area contributed by atoms with Gasteiger partial charge >= 0.3 is 0 Å². The maximum Gasteiger partial charge on any atom is 0.000661 e. The van der Waals surface area contributed by atoms with Gasteiger partial charge in [0, 0.05) is 6.54 Å². The van der Waals surface area contributed by atoms with E-state index >= 15 is 0 Å². The number of likely N-dealkylation sites (tertiary alicyclic amines) is 1. The van der Waals surface area contributed by atoms with Crippen molar-refractivity contribution in [2.45, 2.75) is 32.1 Å². The first-order valence-electron chi connectivity index (χ1n) is 5.21. The molecule has 1 fully saturated rings. The van der Waals surface area contributed by atoms with Crippen LogP contribution in [0, 0.1) is 5.92 Å². The molecule has 72 valence electrons. The molecule has 2 N–H and O–H groups in total. The molecule has 0 aromatic rings. The first-order chi connectivity index (χ1) is 5.83. The molecule has 0 radical (unpaired) electrons. The standard InChI is InChI=1S/C10H22N2/c1-12-8-4-6-10(9-12)5-2-3-7-11/h10H,2-9,11H2,1H3. The molecular weight excluding hydrogens is 148 g/mol. The minimum Gasteiger partial charge on any atom is -0.330 e. The van der Waals surface area contributed by atoms with Gasteiger partial charge in [-0.05, 0) is 51.7 Å². The molecular formula is C10H22N2. The van der Waals surface area contributed by atoms with Crippen molar-refractivity contribution in [3.63, 3.8) is 0 Å². The second kappa shape index (κ2) is 5.55. The molecule has 0 bridgehead atoms. The molecule has 0 saturated carbocycles. The highest BCUT2D eigenvalue weighted by Crippen LogP contribution is 2.20. The molecule has 12 heavy (non-hydrogen) atoms. The molecule has 0 spiro atoms. The van der Waals surface area contributed by atoms with Crippen molar-refractivity contribution in [1.29, 1.82) is 0 Å². The summed E-state index contributed by atoms with van der Waals surface area (Å²) in [7, 11) is 2.23. The van der Waals surface area contributed by atoms with Gasteiger partial charge in [-0.2, -0.15) is 0 Å². The van der Waals surface area contributed by atoms with Gasteiger partial charge in [-0.15, -0.1) is 0 Å². The molecule has 0 aromatic carbocycles. The molecule has 1 unspecified atom stereocenters. The largest absolute Gasteiger partial charge is 0.330 e. The Morgan fingerprint density at radius 1 is 1.42 bits per heavy atom. The van der Waals surface area contributed by atoms with Gasteiger partial charge in [0.1, 0.15) is 0 Å². The van der Waals surface area contributed by atoms with Gasteiger partial charge in [0.05, 0.1) is 0 Å². The highest BCUT2D eigenvalue weighted by Gasteiger charge is 2.15. The van der Waals surface area contributed by atoms with Gasteiger partial charge < -0.3 is 10.6 Å². The number of unbranched alkanes of at least 4 members (excludes halogenated alkanes) is 1. The summed E-state index contributed by atoms with van der Waals surface area (Å²) in [5, 5.41) is 0. The van der Waals surface area contributed by atoms with E-state index in [0.717, 1.165) is 12.5 Å². The van der Waals surface area contributed by atoms with E-state index < -0.39 is 0 Å². The highest BCUT2D eigenvalue weighted by molar-refractivity contribution is 4.70. The van der Waals surface area contributed by atoms with E-state index in [1.807, 2.05) is 0 Å². The van der Waals surface area contributed by atoms with Crippen molar-refractivity contribution in [1.82, 2.24) is 4.90 Å². The van der Waals surface area contributed by atoms with Gasteiger partial charge in [-0.1, -0.05) is 6.42 Å². The average Bonchev–Trinajstić information content (AvgIpc) is 2.05. The molecule has 1 heterocycles. The van der Waals surface area contributed by atoms with Crippen molar-refractivity contribution in [2.75, 3.05) is 26.7 Å². The van der Waals surface area contributed by atoms with E-state index in [1.165, 1.54) is 45.2 Å². The summed E-state index contributed by atoms with van der Waals surface area (Å²) in [5.74, 6) is 0.954. The van der Waals surface area contributed by atoms with Crippen LogP contribution in [0.15, 0.2) is 0 Å². The molecule has 0 amide bonds. The van der Waals surface area contributed by atoms with Crippen LogP contribution in [0.3, 0.4) is 0 Å². The summed E-state index contributed by atoms with van der Waals surface area (Å²) in [4.78, 5) is 2.45. The predicted octanol–water partition coefficient (Wildman–Crippen LogP) is 1.46. The normalized spacial score (nSPS) is 26.0. The van der Waals surface area contributed by atoms with Crippen LogP contribution in [0.1, 0.15) is 32.1 Å². The zero-order valence-corrected chi connectivity index (χ0v) is 8.26. The Labute approximate surface area is 76.1 Å². The Morgan fingerprint density at radius 2 is 2.25 bits per heavy atom. The van der Waals surface area contributed by atoms with Crippen molar-refractivity contribution in [3.8, 4) is 0 Å². The minimum atomic E-state index is 0.864. The summed E-state index contributed by atoms with van der Waals surface area (Å²) >= 11 is 0. The van der Waals surface area contributed by atoms with Crippen LogP contribution in [0.2, 0.25) is 0 Å². The zero-order valence-electron chi connectivity index (χ0n) is 8.26. The number of hydrogen-bond acceptors (Lipinski definition) is 2. The molecule has 0 aliphatic carbocycles. The second-order valence-corrected chi connectivity index (χ2v) is 4.05. The summed E-state index contributed by atoms with van der Waals surface area (Å²) < 4.78 is 0. The van der Waals surface area contributed by atoms with Crippen molar-refractivity contribution in [2.24, 2.45) is 11.7 Å². The first kappa shape index (κ1) is 10.0. The second-order valence-electron chi connectivity index (χ2n) is 4.05.